The summed E-state index contributed by atoms with van der Waals surface area (Å²) >= 11 is 1.68. The third kappa shape index (κ3) is 4.14. The first-order chi connectivity index (χ1) is 9.78. The minimum absolute atomic E-state index is 0.175. The average Bonchev–Trinajstić information content (AvgIpc) is 2.90. The summed E-state index contributed by atoms with van der Waals surface area (Å²) in [5, 5.41) is 14.2. The molecule has 0 bridgehead atoms. The van der Waals surface area contributed by atoms with Crippen molar-refractivity contribution in [1.82, 2.24) is 15.5 Å². The maximum atomic E-state index is 5.67. The second-order valence-electron chi connectivity index (χ2n) is 6.50. The van der Waals surface area contributed by atoms with Gasteiger partial charge < -0.3 is 9.73 Å². The summed E-state index contributed by atoms with van der Waals surface area (Å²) in [5.74, 6) is 1.90. The standard InChI is InChI=1S/C16H25N3OS/c1-10-11(2)20-12(3)14(10)15-19-18-13(21-15)8-7-9-17-16(4,5)6/h17H,7-9H2,1-6H3. The molecule has 0 aliphatic heterocycles. The number of rotatable bonds is 5. The van der Waals surface area contributed by atoms with Crippen LogP contribution in [0.4, 0.5) is 0 Å². The molecule has 0 unspecified atom stereocenters. The van der Waals surface area contributed by atoms with Gasteiger partial charge in [-0.05, 0) is 54.5 Å². The van der Waals surface area contributed by atoms with E-state index in [0.717, 1.165) is 46.5 Å². The van der Waals surface area contributed by atoms with Gasteiger partial charge in [-0.25, -0.2) is 0 Å². The van der Waals surface area contributed by atoms with Gasteiger partial charge in [-0.3, -0.25) is 0 Å². The molecule has 0 spiro atoms. The Kier molecular flexibility index (Phi) is 4.84. The summed E-state index contributed by atoms with van der Waals surface area (Å²) < 4.78 is 5.67. The number of hydrogen-bond acceptors (Lipinski definition) is 5. The fourth-order valence-corrected chi connectivity index (χ4v) is 3.30. The highest BCUT2D eigenvalue weighted by molar-refractivity contribution is 7.14. The zero-order chi connectivity index (χ0) is 15.6. The molecule has 0 fully saturated rings. The lowest BCUT2D eigenvalue weighted by molar-refractivity contribution is 0.422. The van der Waals surface area contributed by atoms with E-state index >= 15 is 0 Å². The largest absolute Gasteiger partial charge is 0.466 e. The van der Waals surface area contributed by atoms with Crippen LogP contribution < -0.4 is 5.32 Å². The second kappa shape index (κ2) is 6.28. The van der Waals surface area contributed by atoms with Crippen molar-refractivity contribution in [2.24, 2.45) is 0 Å². The summed E-state index contributed by atoms with van der Waals surface area (Å²) in [6.07, 6.45) is 2.05. The number of aromatic nitrogens is 2. The van der Waals surface area contributed by atoms with Gasteiger partial charge in [0.15, 0.2) is 5.01 Å². The molecule has 2 aromatic rings. The Morgan fingerprint density at radius 1 is 1.10 bits per heavy atom. The molecule has 0 atom stereocenters. The molecule has 4 nitrogen and oxygen atoms in total. The molecule has 0 saturated heterocycles. The third-order valence-electron chi connectivity index (χ3n) is 3.46. The van der Waals surface area contributed by atoms with Crippen LogP contribution in [0.25, 0.3) is 10.6 Å². The molecule has 2 rings (SSSR count). The third-order valence-corrected chi connectivity index (χ3v) is 4.47. The van der Waals surface area contributed by atoms with Gasteiger partial charge in [0.1, 0.15) is 16.5 Å². The highest BCUT2D eigenvalue weighted by atomic mass is 32.1. The number of nitrogens with zero attached hydrogens (tertiary/aromatic N) is 2. The van der Waals surface area contributed by atoms with Crippen LogP contribution in [0, 0.1) is 20.8 Å². The highest BCUT2D eigenvalue weighted by Gasteiger charge is 2.17. The van der Waals surface area contributed by atoms with Gasteiger partial charge in [0.05, 0.1) is 5.56 Å². The van der Waals surface area contributed by atoms with Crippen LogP contribution in [-0.4, -0.2) is 22.3 Å². The normalized spacial score (nSPS) is 12.1. The highest BCUT2D eigenvalue weighted by Crippen LogP contribution is 2.33. The second-order valence-corrected chi connectivity index (χ2v) is 7.56. The molecule has 0 radical (unpaired) electrons. The Labute approximate surface area is 131 Å². The summed E-state index contributed by atoms with van der Waals surface area (Å²) in [5.41, 5.74) is 2.46. The average molecular weight is 307 g/mol. The Balaban J connectivity index is 1.99. The molecule has 0 amide bonds. The monoisotopic (exact) mass is 307 g/mol. The van der Waals surface area contributed by atoms with Crippen molar-refractivity contribution in [2.75, 3.05) is 6.54 Å². The summed E-state index contributed by atoms with van der Waals surface area (Å²) in [4.78, 5) is 0. The summed E-state index contributed by atoms with van der Waals surface area (Å²) in [6.45, 7) is 13.6. The van der Waals surface area contributed by atoms with Gasteiger partial charge >= 0.3 is 0 Å². The maximum absolute atomic E-state index is 5.67. The summed E-state index contributed by atoms with van der Waals surface area (Å²) in [6, 6.07) is 0. The maximum Gasteiger partial charge on any atom is 0.151 e. The number of hydrogen-bond donors (Lipinski definition) is 1. The van der Waals surface area contributed by atoms with E-state index in [2.05, 4.69) is 43.2 Å². The Bertz CT molecular complexity index is 608. The molecule has 116 valence electrons. The predicted octanol–water partition coefficient (Wildman–Crippen LogP) is 4.04. The molecule has 21 heavy (non-hydrogen) atoms. The molecule has 5 heteroatoms. The Morgan fingerprint density at radius 3 is 2.38 bits per heavy atom. The number of aryl methyl sites for hydroxylation is 3. The zero-order valence-electron chi connectivity index (χ0n) is 13.8. The van der Waals surface area contributed by atoms with E-state index in [0.29, 0.717) is 0 Å². The lowest BCUT2D eigenvalue weighted by Crippen LogP contribution is -2.36. The quantitative estimate of drug-likeness (QED) is 0.847. The van der Waals surface area contributed by atoms with E-state index in [-0.39, 0.29) is 5.54 Å². The first-order valence-corrected chi connectivity index (χ1v) is 8.24. The molecule has 0 aliphatic rings. The van der Waals surface area contributed by atoms with Crippen LogP contribution >= 0.6 is 11.3 Å². The van der Waals surface area contributed by atoms with Crippen LogP contribution in [0.1, 0.15) is 49.3 Å². The van der Waals surface area contributed by atoms with Gasteiger partial charge in [0.2, 0.25) is 0 Å². The molecular weight excluding hydrogens is 282 g/mol. The van der Waals surface area contributed by atoms with Gasteiger partial charge in [-0.2, -0.15) is 0 Å². The SMILES string of the molecule is Cc1oc(C)c(-c2nnc(CCCNC(C)(C)C)s2)c1C. The molecule has 0 aromatic carbocycles. The lowest BCUT2D eigenvalue weighted by atomic mass is 10.1. The van der Waals surface area contributed by atoms with Gasteiger partial charge in [-0.15, -0.1) is 10.2 Å². The first-order valence-electron chi connectivity index (χ1n) is 7.42. The van der Waals surface area contributed by atoms with Crippen molar-refractivity contribution >= 4 is 11.3 Å². The van der Waals surface area contributed by atoms with Crippen molar-refractivity contribution in [3.05, 3.63) is 22.1 Å². The Morgan fingerprint density at radius 2 is 1.81 bits per heavy atom. The predicted molar refractivity (Wildman–Crippen MR) is 87.9 cm³/mol. The molecular formula is C16H25N3OS. The van der Waals surface area contributed by atoms with Crippen LogP contribution in [0.5, 0.6) is 0 Å². The van der Waals surface area contributed by atoms with Crippen molar-refractivity contribution in [2.45, 2.75) is 59.9 Å². The van der Waals surface area contributed by atoms with Crippen LogP contribution in [0.3, 0.4) is 0 Å². The Hall–Kier alpha value is -1.20. The zero-order valence-corrected chi connectivity index (χ0v) is 14.6. The van der Waals surface area contributed by atoms with Crippen molar-refractivity contribution < 1.29 is 4.42 Å². The molecule has 0 aliphatic carbocycles. The van der Waals surface area contributed by atoms with Crippen molar-refractivity contribution in [3.8, 4) is 10.6 Å². The lowest BCUT2D eigenvalue weighted by Gasteiger charge is -2.20. The van der Waals surface area contributed by atoms with E-state index < -0.39 is 0 Å². The van der Waals surface area contributed by atoms with Gasteiger partial charge in [0, 0.05) is 17.5 Å². The number of furan rings is 1. The van der Waals surface area contributed by atoms with Gasteiger partial charge in [-0.1, -0.05) is 11.3 Å². The minimum Gasteiger partial charge on any atom is -0.466 e. The van der Waals surface area contributed by atoms with E-state index in [1.165, 1.54) is 5.56 Å². The van der Waals surface area contributed by atoms with Crippen LogP contribution in [0.2, 0.25) is 0 Å². The molecule has 2 heterocycles. The van der Waals surface area contributed by atoms with Crippen LogP contribution in [0.15, 0.2) is 4.42 Å². The first kappa shape index (κ1) is 16.2. The van der Waals surface area contributed by atoms with E-state index in [9.17, 15) is 0 Å². The van der Waals surface area contributed by atoms with E-state index in [1.807, 2.05) is 13.8 Å². The number of nitrogens with one attached hydrogen (secondary N) is 1. The van der Waals surface area contributed by atoms with E-state index in [4.69, 9.17) is 4.42 Å². The molecule has 2 aromatic heterocycles. The minimum atomic E-state index is 0.175. The fraction of sp³-hybridized carbons (Fsp3) is 0.625. The van der Waals surface area contributed by atoms with E-state index in [1.54, 1.807) is 11.3 Å². The smallest absolute Gasteiger partial charge is 0.151 e. The summed E-state index contributed by atoms with van der Waals surface area (Å²) in [7, 11) is 0. The van der Waals surface area contributed by atoms with Crippen LogP contribution in [-0.2, 0) is 6.42 Å². The van der Waals surface area contributed by atoms with Crippen molar-refractivity contribution in [3.63, 3.8) is 0 Å². The topological polar surface area (TPSA) is 51.0 Å². The fourth-order valence-electron chi connectivity index (χ4n) is 2.27. The molecule has 1 N–H and O–H groups in total. The van der Waals surface area contributed by atoms with Crippen molar-refractivity contribution in [1.29, 1.82) is 0 Å². The molecule has 0 saturated carbocycles. The van der Waals surface area contributed by atoms with Gasteiger partial charge in [0.25, 0.3) is 0 Å².